The van der Waals surface area contributed by atoms with Crippen molar-refractivity contribution >= 4 is 12.0 Å². The molecule has 1 aromatic heterocycles. The summed E-state index contributed by atoms with van der Waals surface area (Å²) in [6, 6.07) is 6.56. The summed E-state index contributed by atoms with van der Waals surface area (Å²) in [6.07, 6.45) is 2.91. The number of fused-ring (bicyclic) bond motifs is 1. The third-order valence-corrected chi connectivity index (χ3v) is 8.04. The number of carbonyl (C=O) groups is 2. The molecule has 1 aromatic carbocycles. The predicted molar refractivity (Wildman–Crippen MR) is 153 cm³/mol. The van der Waals surface area contributed by atoms with Crippen LogP contribution in [-0.2, 0) is 22.5 Å². The van der Waals surface area contributed by atoms with Crippen molar-refractivity contribution in [3.8, 4) is 0 Å². The standard InChI is InChI=1S/C31H46FN5O3/c1-20(2)29(38)36-16-13-26-28(19-36)37(22(4)33-26)25-11-14-35(15-12-25)21(3)17-27(23-9-8-10-24(32)18-23)34-30(39)40-31(5,6)7/h8-10,18,20-21,25,27H,11-17,19H2,1-7H3,(H,34,39). The molecule has 0 bridgehead atoms. The van der Waals surface area contributed by atoms with E-state index in [9.17, 15) is 14.0 Å². The van der Waals surface area contributed by atoms with E-state index in [2.05, 4.69) is 28.6 Å². The first kappa shape index (κ1) is 30.0. The van der Waals surface area contributed by atoms with E-state index in [-0.39, 0.29) is 29.7 Å². The minimum atomic E-state index is -0.617. The van der Waals surface area contributed by atoms with Gasteiger partial charge in [-0.05, 0) is 71.6 Å². The average Bonchev–Trinajstić information content (AvgIpc) is 3.21. The Morgan fingerprint density at radius 3 is 2.48 bits per heavy atom. The molecule has 2 unspecified atom stereocenters. The number of carbonyl (C=O) groups excluding carboxylic acids is 2. The number of hydrogen-bond acceptors (Lipinski definition) is 5. The Kier molecular flexibility index (Phi) is 9.22. The van der Waals surface area contributed by atoms with Gasteiger partial charge in [-0.15, -0.1) is 0 Å². The van der Waals surface area contributed by atoms with Gasteiger partial charge in [-0.3, -0.25) is 4.79 Å². The number of hydrogen-bond donors (Lipinski definition) is 1. The third-order valence-electron chi connectivity index (χ3n) is 8.04. The van der Waals surface area contributed by atoms with E-state index in [4.69, 9.17) is 9.72 Å². The van der Waals surface area contributed by atoms with Crippen LogP contribution in [0.2, 0.25) is 0 Å². The number of nitrogens with one attached hydrogen (secondary N) is 1. The maximum atomic E-state index is 14.1. The van der Waals surface area contributed by atoms with Crippen molar-refractivity contribution in [1.29, 1.82) is 0 Å². The Bertz CT molecular complexity index is 1200. The number of aryl methyl sites for hydroxylation is 1. The van der Waals surface area contributed by atoms with Gasteiger partial charge >= 0.3 is 6.09 Å². The molecule has 2 amide bonds. The summed E-state index contributed by atoms with van der Waals surface area (Å²) >= 11 is 0. The monoisotopic (exact) mass is 555 g/mol. The summed E-state index contributed by atoms with van der Waals surface area (Å²) < 4.78 is 22.0. The first-order valence-electron chi connectivity index (χ1n) is 14.7. The highest BCUT2D eigenvalue weighted by atomic mass is 19.1. The molecule has 0 spiro atoms. The van der Waals surface area contributed by atoms with Gasteiger partial charge in [0.25, 0.3) is 0 Å². The van der Waals surface area contributed by atoms with Gasteiger partial charge in [-0.25, -0.2) is 14.2 Å². The maximum absolute atomic E-state index is 14.1. The molecule has 0 radical (unpaired) electrons. The van der Waals surface area contributed by atoms with Crippen LogP contribution in [0.15, 0.2) is 24.3 Å². The second kappa shape index (κ2) is 12.3. The number of piperidine rings is 1. The van der Waals surface area contributed by atoms with E-state index >= 15 is 0 Å². The van der Waals surface area contributed by atoms with Crippen molar-refractivity contribution in [2.24, 2.45) is 5.92 Å². The van der Waals surface area contributed by atoms with Gasteiger partial charge in [0.05, 0.1) is 24.0 Å². The van der Waals surface area contributed by atoms with Gasteiger partial charge in [0.2, 0.25) is 5.91 Å². The van der Waals surface area contributed by atoms with Crippen LogP contribution in [0.5, 0.6) is 0 Å². The lowest BCUT2D eigenvalue weighted by atomic mass is 9.96. The van der Waals surface area contributed by atoms with Crippen molar-refractivity contribution < 1.29 is 18.7 Å². The number of alkyl carbamates (subject to hydrolysis) is 1. The third kappa shape index (κ3) is 7.22. The quantitative estimate of drug-likeness (QED) is 0.484. The fourth-order valence-corrected chi connectivity index (χ4v) is 6.08. The predicted octanol–water partition coefficient (Wildman–Crippen LogP) is 5.55. The molecule has 0 saturated carbocycles. The van der Waals surface area contributed by atoms with Crippen molar-refractivity contribution in [2.45, 2.75) is 104 Å². The fourth-order valence-electron chi connectivity index (χ4n) is 6.08. The van der Waals surface area contributed by atoms with Crippen LogP contribution in [0.3, 0.4) is 0 Å². The van der Waals surface area contributed by atoms with Gasteiger partial charge in [-0.2, -0.15) is 0 Å². The largest absolute Gasteiger partial charge is 0.444 e. The summed E-state index contributed by atoms with van der Waals surface area (Å²) in [7, 11) is 0. The molecule has 2 aliphatic heterocycles. The van der Waals surface area contributed by atoms with E-state index in [0.717, 1.165) is 56.0 Å². The molecule has 0 aliphatic carbocycles. The number of benzene rings is 1. The summed E-state index contributed by atoms with van der Waals surface area (Å²) in [5.41, 5.74) is 2.44. The molecule has 40 heavy (non-hydrogen) atoms. The highest BCUT2D eigenvalue weighted by Gasteiger charge is 2.32. The number of rotatable bonds is 7. The Hall–Kier alpha value is -2.94. The Labute approximate surface area is 238 Å². The van der Waals surface area contributed by atoms with Crippen LogP contribution in [0.4, 0.5) is 9.18 Å². The van der Waals surface area contributed by atoms with Crippen molar-refractivity contribution in [3.05, 3.63) is 52.9 Å². The van der Waals surface area contributed by atoms with Crippen molar-refractivity contribution in [1.82, 2.24) is 24.7 Å². The maximum Gasteiger partial charge on any atom is 0.408 e. The highest BCUT2D eigenvalue weighted by Crippen LogP contribution is 2.32. The minimum absolute atomic E-state index is 0.00948. The van der Waals surface area contributed by atoms with Crippen LogP contribution in [-0.4, -0.2) is 62.6 Å². The zero-order valence-electron chi connectivity index (χ0n) is 25.2. The van der Waals surface area contributed by atoms with Crippen LogP contribution >= 0.6 is 0 Å². The van der Waals surface area contributed by atoms with E-state index in [1.54, 1.807) is 6.07 Å². The number of amides is 2. The van der Waals surface area contributed by atoms with Gasteiger partial charge in [-0.1, -0.05) is 26.0 Å². The van der Waals surface area contributed by atoms with Gasteiger partial charge in [0, 0.05) is 44.1 Å². The minimum Gasteiger partial charge on any atom is -0.444 e. The molecule has 3 heterocycles. The zero-order chi connectivity index (χ0) is 29.2. The number of likely N-dealkylation sites (tertiary alicyclic amines) is 1. The van der Waals surface area contributed by atoms with Crippen LogP contribution in [0.1, 0.15) is 95.7 Å². The highest BCUT2D eigenvalue weighted by molar-refractivity contribution is 5.78. The average molecular weight is 556 g/mol. The van der Waals surface area contributed by atoms with Crippen molar-refractivity contribution in [2.75, 3.05) is 19.6 Å². The van der Waals surface area contributed by atoms with E-state index in [1.165, 1.54) is 17.8 Å². The molecule has 220 valence electrons. The summed E-state index contributed by atoms with van der Waals surface area (Å²) in [4.78, 5) is 34.6. The molecular weight excluding hydrogens is 509 g/mol. The first-order chi connectivity index (χ1) is 18.8. The molecule has 1 saturated heterocycles. The molecule has 1 N–H and O–H groups in total. The van der Waals surface area contributed by atoms with E-state index in [1.807, 2.05) is 45.6 Å². The van der Waals surface area contributed by atoms with Gasteiger partial charge in [0.15, 0.2) is 0 Å². The molecule has 2 aliphatic rings. The molecule has 8 nitrogen and oxygen atoms in total. The number of nitrogens with zero attached hydrogens (tertiary/aromatic N) is 4. The van der Waals surface area contributed by atoms with Crippen LogP contribution < -0.4 is 5.32 Å². The lowest BCUT2D eigenvalue weighted by Gasteiger charge is -2.39. The summed E-state index contributed by atoms with van der Waals surface area (Å²) in [5.74, 6) is 0.898. The summed E-state index contributed by atoms with van der Waals surface area (Å²) in [5, 5.41) is 2.98. The Balaban J connectivity index is 1.42. The molecule has 1 fully saturated rings. The fraction of sp³-hybridized carbons (Fsp3) is 0.645. The van der Waals surface area contributed by atoms with Gasteiger partial charge < -0.3 is 24.4 Å². The zero-order valence-corrected chi connectivity index (χ0v) is 25.2. The normalized spacial score (nSPS) is 18.4. The van der Waals surface area contributed by atoms with Gasteiger partial charge in [0.1, 0.15) is 17.2 Å². The Morgan fingerprint density at radius 1 is 1.15 bits per heavy atom. The summed E-state index contributed by atoms with van der Waals surface area (Å²) in [6.45, 7) is 16.8. The number of halogens is 1. The number of imidazole rings is 1. The lowest BCUT2D eigenvalue weighted by molar-refractivity contribution is -0.135. The van der Waals surface area contributed by atoms with Crippen molar-refractivity contribution in [3.63, 3.8) is 0 Å². The molecular formula is C31H46FN5O3. The SMILES string of the molecule is Cc1nc2c(n1C1CCN(C(C)CC(NC(=O)OC(C)(C)C)c3cccc(F)c3)CC1)CN(C(=O)C(C)C)CC2. The molecule has 4 rings (SSSR count). The number of aromatic nitrogens is 2. The first-order valence-corrected chi connectivity index (χ1v) is 14.7. The molecule has 2 atom stereocenters. The van der Waals surface area contributed by atoms with E-state index in [0.29, 0.717) is 19.0 Å². The molecule has 2 aromatic rings. The lowest BCUT2D eigenvalue weighted by Crippen LogP contribution is -2.44. The number of ether oxygens (including phenoxy) is 1. The second-order valence-corrected chi connectivity index (χ2v) is 12.7. The second-order valence-electron chi connectivity index (χ2n) is 12.7. The van der Waals surface area contributed by atoms with Crippen LogP contribution in [0.25, 0.3) is 0 Å². The van der Waals surface area contributed by atoms with Crippen LogP contribution in [0, 0.1) is 18.7 Å². The van der Waals surface area contributed by atoms with E-state index < -0.39 is 11.7 Å². The Morgan fingerprint density at radius 2 is 1.85 bits per heavy atom. The topological polar surface area (TPSA) is 79.7 Å². The smallest absolute Gasteiger partial charge is 0.408 e. The molecule has 9 heteroatoms.